The van der Waals surface area contributed by atoms with Crippen LogP contribution in [0.25, 0.3) is 0 Å². The fourth-order valence-corrected chi connectivity index (χ4v) is 2.06. The Hall–Kier alpha value is -3.36. The summed E-state index contributed by atoms with van der Waals surface area (Å²) in [5.74, 6) is -1.25. The van der Waals surface area contributed by atoms with Crippen LogP contribution in [0.15, 0.2) is 28.8 Å². The molecule has 2 amide bonds. The number of amides is 2. The number of esters is 1. The predicted molar refractivity (Wildman–Crippen MR) is 81.0 cm³/mol. The van der Waals surface area contributed by atoms with Crippen molar-refractivity contribution >= 4 is 29.2 Å². The van der Waals surface area contributed by atoms with Gasteiger partial charge in [0.05, 0.1) is 12.8 Å². The van der Waals surface area contributed by atoms with Crippen molar-refractivity contribution in [3.05, 3.63) is 35.7 Å². The number of benzene rings is 1. The van der Waals surface area contributed by atoms with Gasteiger partial charge in [0.15, 0.2) is 11.8 Å². The summed E-state index contributed by atoms with van der Waals surface area (Å²) in [6.45, 7) is 1.64. The number of rotatable bonds is 3. The van der Waals surface area contributed by atoms with Crippen molar-refractivity contribution in [2.75, 3.05) is 17.7 Å². The van der Waals surface area contributed by atoms with Crippen molar-refractivity contribution < 1.29 is 28.4 Å². The molecule has 0 spiro atoms. The van der Waals surface area contributed by atoms with Gasteiger partial charge in [0, 0.05) is 11.8 Å². The molecular weight excluding hydrogens is 318 g/mol. The molecule has 24 heavy (non-hydrogen) atoms. The first-order valence-electron chi connectivity index (χ1n) is 6.96. The van der Waals surface area contributed by atoms with Crippen LogP contribution < -0.4 is 15.4 Å². The minimum atomic E-state index is -0.732. The standard InChI is InChI=1S/C15H13N3O6/c1-7-13(19)17-9-5-8(3-4-11(9)23-7)16-14(20)10-6-12(24-18-10)15(21)22-2/h3-7H,1-2H3,(H,16,20)(H,17,19). The Morgan fingerprint density at radius 3 is 2.88 bits per heavy atom. The number of anilines is 2. The van der Waals surface area contributed by atoms with E-state index in [0.717, 1.165) is 0 Å². The number of fused-ring (bicyclic) bond motifs is 1. The average molecular weight is 331 g/mol. The van der Waals surface area contributed by atoms with Gasteiger partial charge in [-0.05, 0) is 25.1 Å². The van der Waals surface area contributed by atoms with E-state index in [1.165, 1.54) is 13.2 Å². The van der Waals surface area contributed by atoms with E-state index in [-0.39, 0.29) is 17.4 Å². The summed E-state index contributed by atoms with van der Waals surface area (Å²) in [4.78, 5) is 35.0. The highest BCUT2D eigenvalue weighted by molar-refractivity contribution is 6.05. The fourth-order valence-electron chi connectivity index (χ4n) is 2.06. The number of nitrogens with zero attached hydrogens (tertiary/aromatic N) is 1. The highest BCUT2D eigenvalue weighted by atomic mass is 16.5. The second-order valence-corrected chi connectivity index (χ2v) is 4.98. The Morgan fingerprint density at radius 1 is 1.33 bits per heavy atom. The van der Waals surface area contributed by atoms with Crippen LogP contribution in [0.1, 0.15) is 28.0 Å². The van der Waals surface area contributed by atoms with Gasteiger partial charge >= 0.3 is 5.97 Å². The molecule has 1 aromatic carbocycles. The van der Waals surface area contributed by atoms with Crippen LogP contribution >= 0.6 is 0 Å². The number of aromatic nitrogens is 1. The maximum atomic E-state index is 12.1. The summed E-state index contributed by atoms with van der Waals surface area (Å²) in [5, 5.41) is 8.77. The minimum Gasteiger partial charge on any atom is -0.479 e. The third-order valence-electron chi connectivity index (χ3n) is 3.30. The number of carbonyl (C=O) groups excluding carboxylic acids is 3. The lowest BCUT2D eigenvalue weighted by atomic mass is 10.2. The number of methoxy groups -OCH3 is 1. The van der Waals surface area contributed by atoms with Gasteiger partial charge in [-0.1, -0.05) is 5.16 Å². The van der Waals surface area contributed by atoms with E-state index in [4.69, 9.17) is 9.26 Å². The Morgan fingerprint density at radius 2 is 2.12 bits per heavy atom. The number of carbonyl (C=O) groups is 3. The largest absolute Gasteiger partial charge is 0.479 e. The summed E-state index contributed by atoms with van der Waals surface area (Å²) < 4.78 is 14.6. The fraction of sp³-hybridized carbons (Fsp3) is 0.200. The van der Waals surface area contributed by atoms with Crippen molar-refractivity contribution in [2.24, 2.45) is 0 Å². The second-order valence-electron chi connectivity index (χ2n) is 4.98. The minimum absolute atomic E-state index is 0.0815. The molecule has 0 radical (unpaired) electrons. The molecule has 0 fully saturated rings. The lowest BCUT2D eigenvalue weighted by Crippen LogP contribution is -2.34. The van der Waals surface area contributed by atoms with E-state index in [1.807, 2.05) is 0 Å². The molecule has 1 aliphatic heterocycles. The van der Waals surface area contributed by atoms with E-state index in [9.17, 15) is 14.4 Å². The van der Waals surface area contributed by atoms with Crippen molar-refractivity contribution in [1.82, 2.24) is 5.16 Å². The molecule has 1 aromatic heterocycles. The van der Waals surface area contributed by atoms with E-state index >= 15 is 0 Å². The second kappa shape index (κ2) is 6.03. The molecule has 3 rings (SSSR count). The summed E-state index contributed by atoms with van der Waals surface area (Å²) in [7, 11) is 1.19. The first kappa shape index (κ1) is 15.5. The highest BCUT2D eigenvalue weighted by Crippen LogP contribution is 2.32. The predicted octanol–water partition coefficient (Wildman–Crippen LogP) is 1.43. The van der Waals surface area contributed by atoms with Crippen LogP contribution in [0.3, 0.4) is 0 Å². The zero-order valence-corrected chi connectivity index (χ0v) is 12.8. The summed E-state index contributed by atoms with van der Waals surface area (Å²) >= 11 is 0. The van der Waals surface area contributed by atoms with E-state index < -0.39 is 18.0 Å². The highest BCUT2D eigenvalue weighted by Gasteiger charge is 2.24. The van der Waals surface area contributed by atoms with Crippen LogP contribution in [0, 0.1) is 0 Å². The SMILES string of the molecule is COC(=O)c1cc(C(=O)Nc2ccc3c(c2)NC(=O)C(C)O3)no1. The number of hydrogen-bond donors (Lipinski definition) is 2. The van der Waals surface area contributed by atoms with Gasteiger partial charge in [0.25, 0.3) is 11.8 Å². The lowest BCUT2D eigenvalue weighted by molar-refractivity contribution is -0.122. The van der Waals surface area contributed by atoms with E-state index in [2.05, 4.69) is 20.5 Å². The maximum Gasteiger partial charge on any atom is 0.376 e. The van der Waals surface area contributed by atoms with Crippen molar-refractivity contribution in [2.45, 2.75) is 13.0 Å². The molecule has 2 heterocycles. The summed E-state index contributed by atoms with van der Waals surface area (Å²) in [6, 6.07) is 5.97. The molecule has 0 saturated carbocycles. The number of nitrogens with one attached hydrogen (secondary N) is 2. The maximum absolute atomic E-state index is 12.1. The Kier molecular flexibility index (Phi) is 3.90. The van der Waals surface area contributed by atoms with Gasteiger partial charge in [-0.25, -0.2) is 4.79 Å². The first-order valence-corrected chi connectivity index (χ1v) is 6.96. The molecule has 1 atom stereocenters. The Labute approximate surface area is 135 Å². The number of hydrogen-bond acceptors (Lipinski definition) is 7. The lowest BCUT2D eigenvalue weighted by Gasteiger charge is -2.23. The quantitative estimate of drug-likeness (QED) is 0.816. The molecule has 2 N–H and O–H groups in total. The molecule has 1 aliphatic rings. The van der Waals surface area contributed by atoms with Crippen LogP contribution in [0.5, 0.6) is 5.75 Å². The molecule has 0 bridgehead atoms. The van der Waals surface area contributed by atoms with Gasteiger partial charge in [0.1, 0.15) is 5.75 Å². The van der Waals surface area contributed by atoms with Gasteiger partial charge in [-0.2, -0.15) is 0 Å². The van der Waals surface area contributed by atoms with Gasteiger partial charge in [-0.3, -0.25) is 9.59 Å². The Bertz CT molecular complexity index is 828. The van der Waals surface area contributed by atoms with Crippen molar-refractivity contribution in [3.8, 4) is 5.75 Å². The molecular formula is C15H13N3O6. The normalized spacial score (nSPS) is 15.8. The van der Waals surface area contributed by atoms with Crippen LogP contribution in [0.2, 0.25) is 0 Å². The summed E-state index contributed by atoms with van der Waals surface area (Å²) in [6.07, 6.45) is -0.579. The molecule has 1 unspecified atom stereocenters. The third-order valence-corrected chi connectivity index (χ3v) is 3.30. The Balaban J connectivity index is 1.75. The smallest absolute Gasteiger partial charge is 0.376 e. The topological polar surface area (TPSA) is 120 Å². The molecule has 124 valence electrons. The molecule has 0 aliphatic carbocycles. The van der Waals surface area contributed by atoms with E-state index in [1.54, 1.807) is 25.1 Å². The zero-order valence-electron chi connectivity index (χ0n) is 12.8. The molecule has 0 saturated heterocycles. The monoisotopic (exact) mass is 331 g/mol. The average Bonchev–Trinajstić information content (AvgIpc) is 3.05. The van der Waals surface area contributed by atoms with Crippen LogP contribution in [0.4, 0.5) is 11.4 Å². The van der Waals surface area contributed by atoms with Gasteiger partial charge in [0.2, 0.25) is 5.76 Å². The van der Waals surface area contributed by atoms with Crippen molar-refractivity contribution in [3.63, 3.8) is 0 Å². The van der Waals surface area contributed by atoms with Crippen molar-refractivity contribution in [1.29, 1.82) is 0 Å². The van der Waals surface area contributed by atoms with Crippen LogP contribution in [-0.2, 0) is 9.53 Å². The van der Waals surface area contributed by atoms with Crippen LogP contribution in [-0.4, -0.2) is 36.2 Å². The number of ether oxygens (including phenoxy) is 2. The third kappa shape index (κ3) is 2.91. The zero-order chi connectivity index (χ0) is 17.3. The first-order chi connectivity index (χ1) is 11.5. The summed E-state index contributed by atoms with van der Waals surface area (Å²) in [5.41, 5.74) is 0.785. The van der Waals surface area contributed by atoms with Gasteiger partial charge in [-0.15, -0.1) is 0 Å². The molecule has 2 aromatic rings. The van der Waals surface area contributed by atoms with E-state index in [0.29, 0.717) is 17.1 Å². The molecule has 9 nitrogen and oxygen atoms in total. The van der Waals surface area contributed by atoms with Gasteiger partial charge < -0.3 is 24.6 Å². The molecule has 9 heteroatoms.